The van der Waals surface area contributed by atoms with Crippen molar-refractivity contribution in [2.75, 3.05) is 5.73 Å². The maximum Gasteiger partial charge on any atom is 0.157 e. The molecule has 0 saturated heterocycles. The van der Waals surface area contributed by atoms with Crippen molar-refractivity contribution in [1.29, 1.82) is 0 Å². The lowest BCUT2D eigenvalue weighted by molar-refractivity contribution is 1.11. The number of nitrogen functional groups attached to an aromatic ring is 1. The van der Waals surface area contributed by atoms with Crippen molar-refractivity contribution in [2.45, 2.75) is 9.37 Å². The van der Waals surface area contributed by atoms with Crippen LogP contribution in [0.3, 0.4) is 0 Å². The van der Waals surface area contributed by atoms with Crippen molar-refractivity contribution in [3.05, 3.63) is 41.0 Å². The fourth-order valence-electron chi connectivity index (χ4n) is 1.49. The molecule has 1 aromatic carbocycles. The Kier molecular flexibility index (Phi) is 3.23. The number of rotatable bonds is 2. The molecule has 6 heteroatoms. The van der Waals surface area contributed by atoms with Crippen molar-refractivity contribution in [2.24, 2.45) is 0 Å². The van der Waals surface area contributed by atoms with Crippen LogP contribution in [0.1, 0.15) is 0 Å². The lowest BCUT2D eigenvalue weighted by atomic mass is 10.3. The van der Waals surface area contributed by atoms with E-state index >= 15 is 0 Å². The van der Waals surface area contributed by atoms with Gasteiger partial charge in [0.1, 0.15) is 5.03 Å². The number of thiazole rings is 1. The van der Waals surface area contributed by atoms with Gasteiger partial charge in [-0.15, -0.1) is 11.3 Å². The van der Waals surface area contributed by atoms with Gasteiger partial charge in [0.15, 0.2) is 4.34 Å². The van der Waals surface area contributed by atoms with Crippen LogP contribution < -0.4 is 5.73 Å². The maximum atomic E-state index is 5.67. The molecule has 0 aliphatic rings. The third-order valence-corrected chi connectivity index (χ3v) is 5.27. The Morgan fingerprint density at radius 3 is 2.89 bits per heavy atom. The highest BCUT2D eigenvalue weighted by Gasteiger charge is 2.09. The van der Waals surface area contributed by atoms with E-state index in [4.69, 9.17) is 5.73 Å². The molecule has 0 aliphatic carbocycles. The number of fused-ring (bicyclic) bond motifs is 1. The van der Waals surface area contributed by atoms with Crippen LogP contribution in [0.15, 0.2) is 50.4 Å². The molecule has 0 aliphatic heterocycles. The summed E-state index contributed by atoms with van der Waals surface area (Å²) in [4.78, 5) is 8.86. The number of hydrogen-bond donors (Lipinski definition) is 1. The number of aromatic nitrogens is 2. The first kappa shape index (κ1) is 12.0. The molecule has 0 spiro atoms. The Balaban J connectivity index is 1.96. The first-order chi connectivity index (χ1) is 8.72. The van der Waals surface area contributed by atoms with E-state index in [9.17, 15) is 0 Å². The summed E-state index contributed by atoms with van der Waals surface area (Å²) in [5.41, 5.74) is 7.34. The van der Waals surface area contributed by atoms with Gasteiger partial charge in [0.05, 0.1) is 26.6 Å². The highest BCUT2D eigenvalue weighted by atomic mass is 79.9. The Bertz CT molecular complexity index is 678. The summed E-state index contributed by atoms with van der Waals surface area (Å²) in [5, 5.41) is 0.878. The van der Waals surface area contributed by atoms with Gasteiger partial charge >= 0.3 is 0 Å². The largest absolute Gasteiger partial charge is 0.397 e. The van der Waals surface area contributed by atoms with Crippen LogP contribution >= 0.6 is 39.0 Å². The van der Waals surface area contributed by atoms with Gasteiger partial charge in [-0.3, -0.25) is 0 Å². The van der Waals surface area contributed by atoms with E-state index < -0.39 is 0 Å². The molecule has 0 bridgehead atoms. The summed E-state index contributed by atoms with van der Waals surface area (Å²) < 4.78 is 3.06. The van der Waals surface area contributed by atoms with Gasteiger partial charge in [-0.05, 0) is 45.9 Å². The maximum absolute atomic E-state index is 5.67. The number of anilines is 1. The lowest BCUT2D eigenvalue weighted by Crippen LogP contribution is -1.88. The molecule has 0 fully saturated rings. The van der Waals surface area contributed by atoms with E-state index in [1.54, 1.807) is 29.3 Å². The minimum atomic E-state index is 0.649. The quantitative estimate of drug-likeness (QED) is 0.761. The average Bonchev–Trinajstić information content (AvgIpc) is 2.75. The summed E-state index contributed by atoms with van der Waals surface area (Å²) in [6, 6.07) is 9.95. The number of hydrogen-bond acceptors (Lipinski definition) is 5. The molecule has 0 amide bonds. The van der Waals surface area contributed by atoms with Crippen molar-refractivity contribution < 1.29 is 0 Å². The Morgan fingerprint density at radius 1 is 1.28 bits per heavy atom. The van der Waals surface area contributed by atoms with Crippen LogP contribution in [-0.4, -0.2) is 9.97 Å². The molecule has 3 nitrogen and oxygen atoms in total. The minimum absolute atomic E-state index is 0.649. The molecule has 18 heavy (non-hydrogen) atoms. The lowest BCUT2D eigenvalue weighted by Gasteiger charge is -2.00. The highest BCUT2D eigenvalue weighted by Crippen LogP contribution is 2.36. The van der Waals surface area contributed by atoms with Crippen LogP contribution in [0.5, 0.6) is 0 Å². The molecule has 2 N–H and O–H groups in total. The number of benzene rings is 1. The smallest absolute Gasteiger partial charge is 0.157 e. The molecule has 3 rings (SSSR count). The minimum Gasteiger partial charge on any atom is -0.397 e. The number of pyridine rings is 1. The number of nitrogens with zero attached hydrogens (tertiary/aromatic N) is 2. The molecular formula is C12H8BrN3S2. The fourth-order valence-corrected chi connectivity index (χ4v) is 4.04. The molecule has 0 saturated carbocycles. The monoisotopic (exact) mass is 337 g/mol. The zero-order chi connectivity index (χ0) is 12.5. The van der Waals surface area contributed by atoms with E-state index in [0.717, 1.165) is 19.4 Å². The van der Waals surface area contributed by atoms with Gasteiger partial charge in [0.25, 0.3) is 0 Å². The molecule has 90 valence electrons. The topological polar surface area (TPSA) is 51.8 Å². The summed E-state index contributed by atoms with van der Waals surface area (Å²) in [6.07, 6.45) is 1.65. The Labute approximate surface area is 121 Å². The Morgan fingerprint density at radius 2 is 2.11 bits per heavy atom. The molecule has 2 heterocycles. The Hall–Kier alpha value is -1.11. The van der Waals surface area contributed by atoms with Crippen LogP contribution in [0.4, 0.5) is 5.69 Å². The predicted molar refractivity (Wildman–Crippen MR) is 80.1 cm³/mol. The molecule has 0 atom stereocenters. The van der Waals surface area contributed by atoms with Crippen LogP contribution in [0, 0.1) is 0 Å². The zero-order valence-electron chi connectivity index (χ0n) is 9.13. The van der Waals surface area contributed by atoms with E-state index in [2.05, 4.69) is 32.0 Å². The van der Waals surface area contributed by atoms with Gasteiger partial charge in [-0.25, -0.2) is 9.97 Å². The predicted octanol–water partition coefficient (Wildman–Crippen LogP) is 4.19. The normalized spacial score (nSPS) is 10.9. The fraction of sp³-hybridized carbons (Fsp3) is 0. The summed E-state index contributed by atoms with van der Waals surface area (Å²) in [7, 11) is 0. The third kappa shape index (κ3) is 2.36. The second-order valence-corrected chi connectivity index (χ2v) is 6.73. The van der Waals surface area contributed by atoms with E-state index in [1.165, 1.54) is 4.70 Å². The van der Waals surface area contributed by atoms with Crippen molar-refractivity contribution in [3.63, 3.8) is 0 Å². The van der Waals surface area contributed by atoms with E-state index in [1.807, 2.05) is 24.3 Å². The van der Waals surface area contributed by atoms with Gasteiger partial charge < -0.3 is 5.73 Å². The SMILES string of the molecule is Nc1cnc(Sc2nc3ccccc3s2)c(Br)c1. The van der Waals surface area contributed by atoms with Gasteiger partial charge in [-0.2, -0.15) is 0 Å². The molecule has 0 unspecified atom stereocenters. The van der Waals surface area contributed by atoms with Crippen molar-refractivity contribution >= 4 is 54.9 Å². The summed E-state index contributed by atoms with van der Waals surface area (Å²) in [5.74, 6) is 0. The molecule has 2 aromatic heterocycles. The van der Waals surface area contributed by atoms with E-state index in [0.29, 0.717) is 5.69 Å². The van der Waals surface area contributed by atoms with Crippen molar-refractivity contribution in [3.8, 4) is 0 Å². The number of para-hydroxylation sites is 1. The van der Waals surface area contributed by atoms with Crippen LogP contribution in [-0.2, 0) is 0 Å². The molecule has 3 aromatic rings. The summed E-state index contributed by atoms with van der Waals surface area (Å²) >= 11 is 6.67. The highest BCUT2D eigenvalue weighted by molar-refractivity contribution is 9.10. The van der Waals surface area contributed by atoms with Crippen molar-refractivity contribution in [1.82, 2.24) is 9.97 Å². The van der Waals surface area contributed by atoms with E-state index in [-0.39, 0.29) is 0 Å². The molecule has 0 radical (unpaired) electrons. The second-order valence-electron chi connectivity index (χ2n) is 3.61. The van der Waals surface area contributed by atoms with Gasteiger partial charge in [0.2, 0.25) is 0 Å². The molecular weight excluding hydrogens is 330 g/mol. The zero-order valence-corrected chi connectivity index (χ0v) is 12.3. The number of halogens is 1. The van der Waals surface area contributed by atoms with Crippen LogP contribution in [0.2, 0.25) is 0 Å². The first-order valence-electron chi connectivity index (χ1n) is 5.17. The standard InChI is InChI=1S/C12H8BrN3S2/c13-8-5-7(14)6-15-11(8)18-12-16-9-3-1-2-4-10(9)17-12/h1-6H,14H2. The van der Waals surface area contributed by atoms with Gasteiger partial charge in [-0.1, -0.05) is 12.1 Å². The van der Waals surface area contributed by atoms with Gasteiger partial charge in [0, 0.05) is 0 Å². The number of nitrogens with two attached hydrogens (primary N) is 1. The van der Waals surface area contributed by atoms with Crippen LogP contribution in [0.25, 0.3) is 10.2 Å². The average molecular weight is 338 g/mol. The first-order valence-corrected chi connectivity index (χ1v) is 7.59. The third-order valence-electron chi connectivity index (χ3n) is 2.29. The summed E-state index contributed by atoms with van der Waals surface area (Å²) in [6.45, 7) is 0. The second kappa shape index (κ2) is 4.87.